The van der Waals surface area contributed by atoms with Crippen LogP contribution < -0.4 is 10.3 Å². The van der Waals surface area contributed by atoms with E-state index in [4.69, 9.17) is 5.11 Å². The lowest BCUT2D eigenvalue weighted by molar-refractivity contribution is -0.138. The number of rotatable bonds is 8. The molecule has 7 nitrogen and oxygen atoms in total. The van der Waals surface area contributed by atoms with Crippen molar-refractivity contribution in [2.24, 2.45) is 11.0 Å². The maximum Gasteiger partial charge on any atom is 0.317 e. The lowest BCUT2D eigenvalue weighted by Gasteiger charge is -2.29. The molecule has 1 fully saturated rings. The molecule has 7 heteroatoms. The number of aliphatic carboxylic acids is 1. The van der Waals surface area contributed by atoms with Crippen molar-refractivity contribution >= 4 is 23.8 Å². The molecule has 1 aliphatic heterocycles. The van der Waals surface area contributed by atoms with Gasteiger partial charge in [0.1, 0.15) is 0 Å². The lowest BCUT2D eigenvalue weighted by Crippen LogP contribution is -2.41. The number of hydrogen-bond donors (Lipinski definition) is 2. The van der Waals surface area contributed by atoms with Crippen LogP contribution in [-0.2, 0) is 9.59 Å². The first-order chi connectivity index (χ1) is 12.5. The van der Waals surface area contributed by atoms with Gasteiger partial charge in [-0.25, -0.2) is 5.43 Å². The van der Waals surface area contributed by atoms with E-state index in [9.17, 15) is 9.59 Å². The van der Waals surface area contributed by atoms with Gasteiger partial charge in [-0.1, -0.05) is 12.1 Å². The van der Waals surface area contributed by atoms with E-state index in [2.05, 4.69) is 29.3 Å². The molecule has 0 unspecified atom stereocenters. The highest BCUT2D eigenvalue weighted by Crippen LogP contribution is 2.17. The molecule has 1 heterocycles. The Morgan fingerprint density at radius 1 is 1.23 bits per heavy atom. The number of carbonyl (C=O) groups is 2. The van der Waals surface area contributed by atoms with Crippen LogP contribution in [-0.4, -0.2) is 60.8 Å². The molecule has 2 N–H and O–H groups in total. The van der Waals surface area contributed by atoms with E-state index in [-0.39, 0.29) is 18.4 Å². The van der Waals surface area contributed by atoms with Crippen LogP contribution in [0.25, 0.3) is 0 Å². The van der Waals surface area contributed by atoms with Crippen LogP contribution in [0.2, 0.25) is 0 Å². The second-order valence-electron chi connectivity index (χ2n) is 6.44. The average Bonchev–Trinajstić information content (AvgIpc) is 2.64. The third-order valence-corrected chi connectivity index (χ3v) is 4.73. The van der Waals surface area contributed by atoms with E-state index in [0.717, 1.165) is 18.7 Å². The molecule has 2 rings (SSSR count). The number of benzene rings is 1. The summed E-state index contributed by atoms with van der Waals surface area (Å²) >= 11 is 0. The number of carboxylic acid groups (broad SMARTS) is 1. The van der Waals surface area contributed by atoms with Gasteiger partial charge in [0.15, 0.2) is 0 Å². The zero-order chi connectivity index (χ0) is 18.9. The van der Waals surface area contributed by atoms with Crippen molar-refractivity contribution in [3.8, 4) is 0 Å². The fourth-order valence-corrected chi connectivity index (χ4v) is 3.17. The standard InChI is InChI=1S/C19H28N4O3/c1-3-23(4-2)17-7-5-15(6-8-17)13-20-21-19(26)16-9-11-22(12-10-16)14-18(24)25/h5-8,13,16H,3-4,9-12,14H2,1-2H3,(H,21,26)(H,24,25)/b20-13+. The van der Waals surface area contributed by atoms with Gasteiger partial charge < -0.3 is 10.0 Å². The Kier molecular flexibility index (Phi) is 7.59. The Labute approximate surface area is 154 Å². The molecule has 142 valence electrons. The molecule has 0 saturated carbocycles. The predicted molar refractivity (Wildman–Crippen MR) is 103 cm³/mol. The smallest absolute Gasteiger partial charge is 0.317 e. The Morgan fingerprint density at radius 2 is 1.85 bits per heavy atom. The van der Waals surface area contributed by atoms with E-state index in [1.54, 1.807) is 6.21 Å². The van der Waals surface area contributed by atoms with Crippen molar-refractivity contribution in [3.63, 3.8) is 0 Å². The Bertz CT molecular complexity index is 618. The maximum absolute atomic E-state index is 12.2. The van der Waals surface area contributed by atoms with Gasteiger partial charge in [-0.15, -0.1) is 0 Å². The fraction of sp³-hybridized carbons (Fsp3) is 0.526. The highest BCUT2D eigenvalue weighted by molar-refractivity contribution is 5.83. The second-order valence-corrected chi connectivity index (χ2v) is 6.44. The lowest BCUT2D eigenvalue weighted by atomic mass is 9.96. The molecule has 1 aliphatic rings. The fourth-order valence-electron chi connectivity index (χ4n) is 3.17. The molecule has 26 heavy (non-hydrogen) atoms. The van der Waals surface area contributed by atoms with Gasteiger partial charge in [-0.05, 0) is 57.5 Å². The highest BCUT2D eigenvalue weighted by Gasteiger charge is 2.25. The summed E-state index contributed by atoms with van der Waals surface area (Å²) in [4.78, 5) is 27.0. The molecule has 0 aromatic heterocycles. The van der Waals surface area contributed by atoms with Crippen molar-refractivity contribution in [1.29, 1.82) is 0 Å². The molecule has 0 aliphatic carbocycles. The molecule has 1 saturated heterocycles. The normalized spacial score (nSPS) is 15.9. The van der Waals surface area contributed by atoms with Gasteiger partial charge >= 0.3 is 5.97 Å². The van der Waals surface area contributed by atoms with E-state index < -0.39 is 5.97 Å². The van der Waals surface area contributed by atoms with Crippen LogP contribution in [0.15, 0.2) is 29.4 Å². The van der Waals surface area contributed by atoms with Crippen molar-refractivity contribution in [1.82, 2.24) is 10.3 Å². The minimum absolute atomic E-state index is 0.0377. The molecular formula is C19H28N4O3. The number of amides is 1. The first-order valence-electron chi connectivity index (χ1n) is 9.15. The molecule has 0 radical (unpaired) electrons. The summed E-state index contributed by atoms with van der Waals surface area (Å²) in [5.41, 5.74) is 4.70. The van der Waals surface area contributed by atoms with E-state index in [1.165, 1.54) is 5.69 Å². The van der Waals surface area contributed by atoms with Crippen LogP contribution in [0.3, 0.4) is 0 Å². The number of carboxylic acids is 1. The van der Waals surface area contributed by atoms with Gasteiger partial charge in [-0.3, -0.25) is 14.5 Å². The maximum atomic E-state index is 12.2. The Morgan fingerprint density at radius 3 is 2.38 bits per heavy atom. The van der Waals surface area contributed by atoms with Crippen LogP contribution in [0, 0.1) is 5.92 Å². The molecule has 0 spiro atoms. The molecule has 0 bridgehead atoms. The molecular weight excluding hydrogens is 332 g/mol. The van der Waals surface area contributed by atoms with Gasteiger partial charge in [0, 0.05) is 24.7 Å². The van der Waals surface area contributed by atoms with Crippen molar-refractivity contribution in [2.75, 3.05) is 37.6 Å². The number of piperidine rings is 1. The number of carbonyl (C=O) groups excluding carboxylic acids is 1. The average molecular weight is 360 g/mol. The number of nitrogens with zero attached hydrogens (tertiary/aromatic N) is 3. The third kappa shape index (κ3) is 5.84. The molecule has 1 aromatic carbocycles. The van der Waals surface area contributed by atoms with E-state index in [0.29, 0.717) is 25.9 Å². The van der Waals surface area contributed by atoms with Gasteiger partial charge in [0.05, 0.1) is 12.8 Å². The SMILES string of the molecule is CCN(CC)c1ccc(/C=N/NC(=O)C2CCN(CC(=O)O)CC2)cc1. The molecule has 1 aromatic rings. The highest BCUT2D eigenvalue weighted by atomic mass is 16.4. The zero-order valence-electron chi connectivity index (χ0n) is 15.5. The first kappa shape index (κ1) is 19.9. The Hall–Kier alpha value is -2.41. The number of anilines is 1. The van der Waals surface area contributed by atoms with Crippen LogP contribution in [0.4, 0.5) is 5.69 Å². The van der Waals surface area contributed by atoms with Gasteiger partial charge in [0.25, 0.3) is 0 Å². The van der Waals surface area contributed by atoms with Gasteiger partial charge in [-0.2, -0.15) is 5.10 Å². The largest absolute Gasteiger partial charge is 0.480 e. The predicted octanol–water partition coefficient (Wildman–Crippen LogP) is 1.78. The van der Waals surface area contributed by atoms with E-state index >= 15 is 0 Å². The quantitative estimate of drug-likeness (QED) is 0.545. The summed E-state index contributed by atoms with van der Waals surface area (Å²) in [7, 11) is 0. The van der Waals surface area contributed by atoms with Crippen LogP contribution in [0.1, 0.15) is 32.3 Å². The van der Waals surface area contributed by atoms with Crippen LogP contribution in [0.5, 0.6) is 0 Å². The number of hydrazone groups is 1. The van der Waals surface area contributed by atoms with E-state index in [1.807, 2.05) is 29.2 Å². The summed E-state index contributed by atoms with van der Waals surface area (Å²) in [6.07, 6.45) is 2.96. The first-order valence-corrected chi connectivity index (χ1v) is 9.15. The number of nitrogens with one attached hydrogen (secondary N) is 1. The molecule has 0 atom stereocenters. The summed E-state index contributed by atoms with van der Waals surface area (Å²) in [6.45, 7) is 7.47. The van der Waals surface area contributed by atoms with Crippen molar-refractivity contribution in [2.45, 2.75) is 26.7 Å². The monoisotopic (exact) mass is 360 g/mol. The third-order valence-electron chi connectivity index (χ3n) is 4.73. The second kappa shape index (κ2) is 9.91. The van der Waals surface area contributed by atoms with Crippen molar-refractivity contribution < 1.29 is 14.7 Å². The Balaban J connectivity index is 1.79. The van der Waals surface area contributed by atoms with Crippen molar-refractivity contribution in [3.05, 3.63) is 29.8 Å². The summed E-state index contributed by atoms with van der Waals surface area (Å²) < 4.78 is 0. The summed E-state index contributed by atoms with van der Waals surface area (Å²) in [5.74, 6) is -1.04. The number of hydrogen-bond acceptors (Lipinski definition) is 5. The minimum Gasteiger partial charge on any atom is -0.480 e. The van der Waals surface area contributed by atoms with Crippen LogP contribution >= 0.6 is 0 Å². The molecule has 1 amide bonds. The minimum atomic E-state index is -0.829. The zero-order valence-corrected chi connectivity index (χ0v) is 15.5. The number of likely N-dealkylation sites (tertiary alicyclic amines) is 1. The summed E-state index contributed by atoms with van der Waals surface area (Å²) in [6, 6.07) is 8.06. The summed E-state index contributed by atoms with van der Waals surface area (Å²) in [5, 5.41) is 12.9. The topological polar surface area (TPSA) is 85.2 Å². The van der Waals surface area contributed by atoms with Gasteiger partial charge in [0.2, 0.25) is 5.91 Å².